The van der Waals surface area contributed by atoms with Gasteiger partial charge < -0.3 is 9.64 Å². The summed E-state index contributed by atoms with van der Waals surface area (Å²) in [7, 11) is 1.94. The van der Waals surface area contributed by atoms with Crippen molar-refractivity contribution in [2.75, 3.05) is 13.6 Å². The molecule has 0 radical (unpaired) electrons. The van der Waals surface area contributed by atoms with Crippen molar-refractivity contribution in [3.63, 3.8) is 0 Å². The molecular weight excluding hydrogens is 321 g/mol. The number of ether oxygens (including phenoxy) is 1. The number of aromatic nitrogens is 1. The molecule has 0 aliphatic carbocycles. The number of carbonyl (C=O) groups is 1. The summed E-state index contributed by atoms with van der Waals surface area (Å²) in [6.07, 6.45) is 4.33. The molecule has 0 amide bonds. The van der Waals surface area contributed by atoms with Crippen LogP contribution in [0.4, 0.5) is 10.1 Å². The van der Waals surface area contributed by atoms with Crippen LogP contribution < -0.4 is 0 Å². The van der Waals surface area contributed by atoms with Gasteiger partial charge in [-0.25, -0.2) is 14.2 Å². The summed E-state index contributed by atoms with van der Waals surface area (Å²) in [4.78, 5) is 22.5. The fourth-order valence-corrected chi connectivity index (χ4v) is 2.17. The van der Waals surface area contributed by atoms with Crippen molar-refractivity contribution in [2.24, 2.45) is 4.99 Å². The van der Waals surface area contributed by atoms with Crippen LogP contribution in [0.1, 0.15) is 34.0 Å². The largest absolute Gasteiger partial charge is 0.457 e. The van der Waals surface area contributed by atoms with Gasteiger partial charge in [-0.05, 0) is 50.1 Å². The number of benzene rings is 1. The first kappa shape index (κ1) is 18.6. The lowest BCUT2D eigenvalue weighted by Gasteiger charge is -2.12. The molecule has 5 nitrogen and oxygen atoms in total. The number of halogens is 1. The minimum Gasteiger partial charge on any atom is -0.457 e. The predicted octanol–water partition coefficient (Wildman–Crippen LogP) is 3.81. The molecule has 1 aromatic carbocycles. The van der Waals surface area contributed by atoms with E-state index in [1.807, 2.05) is 32.7 Å². The van der Waals surface area contributed by atoms with Crippen molar-refractivity contribution in [1.82, 2.24) is 9.88 Å². The smallest absolute Gasteiger partial charge is 0.338 e. The fraction of sp³-hybridized carbons (Fsp3) is 0.316. The molecule has 0 N–H and O–H groups in total. The minimum atomic E-state index is -0.458. The second-order valence-electron chi connectivity index (χ2n) is 5.79. The standard InChI is InChI=1S/C19H22FN3O2/c1-5-23(4)12-22-18-7-6-17(13(2)14(18)3)19(24)25-11-15-8-16(20)10-21-9-15/h6-10,12H,5,11H2,1-4H3/b22-12+. The van der Waals surface area contributed by atoms with Crippen molar-refractivity contribution in [3.05, 3.63) is 58.7 Å². The lowest BCUT2D eigenvalue weighted by Crippen LogP contribution is -2.14. The van der Waals surface area contributed by atoms with Crippen LogP contribution in [0.3, 0.4) is 0 Å². The maximum absolute atomic E-state index is 13.1. The average Bonchev–Trinajstić information content (AvgIpc) is 2.60. The summed E-state index contributed by atoms with van der Waals surface area (Å²) < 4.78 is 18.4. The minimum absolute atomic E-state index is 0.0245. The first-order valence-corrected chi connectivity index (χ1v) is 8.03. The third-order valence-electron chi connectivity index (χ3n) is 4.00. The number of rotatable bonds is 6. The Bertz CT molecular complexity index is 790. The molecular formula is C19H22FN3O2. The van der Waals surface area contributed by atoms with Crippen LogP contribution in [0.5, 0.6) is 0 Å². The van der Waals surface area contributed by atoms with E-state index in [2.05, 4.69) is 9.98 Å². The highest BCUT2D eigenvalue weighted by Gasteiger charge is 2.14. The third kappa shape index (κ3) is 4.86. The second kappa shape index (κ2) is 8.37. The molecule has 1 heterocycles. The van der Waals surface area contributed by atoms with E-state index in [1.165, 1.54) is 12.3 Å². The second-order valence-corrected chi connectivity index (χ2v) is 5.79. The highest BCUT2D eigenvalue weighted by Crippen LogP contribution is 2.25. The molecule has 0 saturated heterocycles. The number of hydrogen-bond donors (Lipinski definition) is 0. The van der Waals surface area contributed by atoms with Gasteiger partial charge in [0.25, 0.3) is 0 Å². The number of esters is 1. The zero-order chi connectivity index (χ0) is 18.4. The van der Waals surface area contributed by atoms with E-state index in [0.29, 0.717) is 11.1 Å². The Morgan fingerprint density at radius 2 is 2.08 bits per heavy atom. The van der Waals surface area contributed by atoms with E-state index in [-0.39, 0.29) is 6.61 Å². The van der Waals surface area contributed by atoms with Gasteiger partial charge in [0, 0.05) is 25.4 Å². The normalized spacial score (nSPS) is 10.9. The maximum Gasteiger partial charge on any atom is 0.338 e. The quantitative estimate of drug-likeness (QED) is 0.455. The number of hydrogen-bond acceptors (Lipinski definition) is 4. The highest BCUT2D eigenvalue weighted by molar-refractivity contribution is 5.92. The van der Waals surface area contributed by atoms with Gasteiger partial charge in [0.05, 0.1) is 23.8 Å². The first-order chi connectivity index (χ1) is 11.9. The zero-order valence-electron chi connectivity index (χ0n) is 14.9. The Kier molecular flexibility index (Phi) is 6.22. The van der Waals surface area contributed by atoms with Gasteiger partial charge in [-0.3, -0.25) is 4.98 Å². The van der Waals surface area contributed by atoms with Crippen LogP contribution in [0.25, 0.3) is 0 Å². The lowest BCUT2D eigenvalue weighted by atomic mass is 10.0. The van der Waals surface area contributed by atoms with E-state index < -0.39 is 11.8 Å². The van der Waals surface area contributed by atoms with E-state index in [0.717, 1.165) is 29.6 Å². The molecule has 0 aliphatic rings. The summed E-state index contributed by atoms with van der Waals surface area (Å²) in [5.41, 5.74) is 3.53. The number of aliphatic imine (C=N–C) groups is 1. The maximum atomic E-state index is 13.1. The van der Waals surface area contributed by atoms with E-state index in [1.54, 1.807) is 18.5 Å². The molecule has 0 fully saturated rings. The monoisotopic (exact) mass is 343 g/mol. The molecule has 0 bridgehead atoms. The number of carbonyl (C=O) groups excluding carboxylic acids is 1. The molecule has 1 aromatic heterocycles. The van der Waals surface area contributed by atoms with Crippen molar-refractivity contribution in [1.29, 1.82) is 0 Å². The topological polar surface area (TPSA) is 54.8 Å². The summed E-state index contributed by atoms with van der Waals surface area (Å²) in [5.74, 6) is -0.911. The van der Waals surface area contributed by atoms with Gasteiger partial charge >= 0.3 is 5.97 Å². The molecule has 2 rings (SSSR count). The van der Waals surface area contributed by atoms with Crippen molar-refractivity contribution in [2.45, 2.75) is 27.4 Å². The average molecular weight is 343 g/mol. The Morgan fingerprint density at radius 1 is 1.32 bits per heavy atom. The van der Waals surface area contributed by atoms with Gasteiger partial charge in [0.2, 0.25) is 0 Å². The molecule has 25 heavy (non-hydrogen) atoms. The van der Waals surface area contributed by atoms with Gasteiger partial charge in [-0.2, -0.15) is 0 Å². The fourth-order valence-electron chi connectivity index (χ4n) is 2.17. The molecule has 2 aromatic rings. The summed E-state index contributed by atoms with van der Waals surface area (Å²) in [6.45, 7) is 6.65. The van der Waals surface area contributed by atoms with E-state index in [4.69, 9.17) is 4.74 Å². The summed E-state index contributed by atoms with van der Waals surface area (Å²) in [6, 6.07) is 4.79. The van der Waals surface area contributed by atoms with E-state index >= 15 is 0 Å². The van der Waals surface area contributed by atoms with Crippen LogP contribution in [-0.2, 0) is 11.3 Å². The number of nitrogens with zero attached hydrogens (tertiary/aromatic N) is 3. The van der Waals surface area contributed by atoms with Crippen LogP contribution in [0.2, 0.25) is 0 Å². The lowest BCUT2D eigenvalue weighted by molar-refractivity contribution is 0.0471. The molecule has 0 saturated carbocycles. The SMILES string of the molecule is CCN(C)/C=N/c1ccc(C(=O)OCc2cncc(F)c2)c(C)c1C. The van der Waals surface area contributed by atoms with Crippen molar-refractivity contribution < 1.29 is 13.9 Å². The van der Waals surface area contributed by atoms with E-state index in [9.17, 15) is 9.18 Å². The Hall–Kier alpha value is -2.76. The zero-order valence-corrected chi connectivity index (χ0v) is 14.9. The van der Waals surface area contributed by atoms with Crippen molar-refractivity contribution >= 4 is 18.0 Å². The molecule has 0 aliphatic heterocycles. The predicted molar refractivity (Wildman–Crippen MR) is 95.7 cm³/mol. The molecule has 0 spiro atoms. The number of pyridine rings is 1. The van der Waals surface area contributed by atoms with Crippen LogP contribution >= 0.6 is 0 Å². The summed E-state index contributed by atoms with van der Waals surface area (Å²) >= 11 is 0. The van der Waals surface area contributed by atoms with Gasteiger partial charge in [0.1, 0.15) is 12.4 Å². The summed E-state index contributed by atoms with van der Waals surface area (Å²) in [5, 5.41) is 0. The van der Waals surface area contributed by atoms with Gasteiger partial charge in [0.15, 0.2) is 0 Å². The van der Waals surface area contributed by atoms with Gasteiger partial charge in [-0.1, -0.05) is 0 Å². The highest BCUT2D eigenvalue weighted by atomic mass is 19.1. The Morgan fingerprint density at radius 3 is 2.76 bits per heavy atom. The first-order valence-electron chi connectivity index (χ1n) is 8.03. The Balaban J connectivity index is 2.12. The Labute approximate surface area is 147 Å². The molecule has 6 heteroatoms. The molecule has 0 unspecified atom stereocenters. The van der Waals surface area contributed by atoms with Crippen LogP contribution in [-0.4, -0.2) is 35.8 Å². The third-order valence-corrected chi connectivity index (χ3v) is 4.00. The van der Waals surface area contributed by atoms with Crippen LogP contribution in [0, 0.1) is 19.7 Å². The van der Waals surface area contributed by atoms with Crippen LogP contribution in [0.15, 0.2) is 35.6 Å². The van der Waals surface area contributed by atoms with Gasteiger partial charge in [-0.15, -0.1) is 0 Å². The molecule has 0 atom stereocenters. The van der Waals surface area contributed by atoms with Crippen molar-refractivity contribution in [3.8, 4) is 0 Å². The molecule has 132 valence electrons.